The van der Waals surface area contributed by atoms with Crippen molar-refractivity contribution in [2.75, 3.05) is 7.05 Å². The predicted octanol–water partition coefficient (Wildman–Crippen LogP) is 2.30. The van der Waals surface area contributed by atoms with Gasteiger partial charge in [-0.05, 0) is 12.3 Å². The van der Waals surface area contributed by atoms with E-state index in [9.17, 15) is 9.59 Å². The van der Waals surface area contributed by atoms with Crippen LogP contribution in [0.4, 0.5) is 0 Å². The van der Waals surface area contributed by atoms with E-state index in [1.165, 1.54) is 0 Å². The van der Waals surface area contributed by atoms with Gasteiger partial charge in [-0.25, -0.2) is 4.98 Å². The van der Waals surface area contributed by atoms with Crippen molar-refractivity contribution in [3.63, 3.8) is 0 Å². The summed E-state index contributed by atoms with van der Waals surface area (Å²) < 4.78 is 0. The second-order valence-electron chi connectivity index (χ2n) is 5.52. The van der Waals surface area contributed by atoms with E-state index in [1.54, 1.807) is 37.1 Å². The van der Waals surface area contributed by atoms with E-state index in [0.717, 1.165) is 10.7 Å². The highest BCUT2D eigenvalue weighted by molar-refractivity contribution is 7.09. The SMILES string of the molecule is Cc1nc(CN(C)C(=O)CC(C)(C)CC(=O)O)cs1. The van der Waals surface area contributed by atoms with Gasteiger partial charge < -0.3 is 10.0 Å². The van der Waals surface area contributed by atoms with Crippen molar-refractivity contribution in [3.8, 4) is 0 Å². The van der Waals surface area contributed by atoms with Gasteiger partial charge in [0.05, 0.1) is 23.7 Å². The number of hydrogen-bond donors (Lipinski definition) is 1. The Hall–Kier alpha value is -1.43. The van der Waals surface area contributed by atoms with Gasteiger partial charge in [-0.15, -0.1) is 11.3 Å². The topological polar surface area (TPSA) is 70.5 Å². The fourth-order valence-electron chi connectivity index (χ4n) is 1.83. The van der Waals surface area contributed by atoms with Gasteiger partial charge >= 0.3 is 5.97 Å². The molecule has 0 saturated heterocycles. The Bertz CT molecular complexity index is 468. The maximum Gasteiger partial charge on any atom is 0.303 e. The number of carboxylic acid groups (broad SMARTS) is 1. The van der Waals surface area contributed by atoms with Gasteiger partial charge in [-0.3, -0.25) is 9.59 Å². The van der Waals surface area contributed by atoms with E-state index in [1.807, 2.05) is 12.3 Å². The fraction of sp³-hybridized carbons (Fsp3) is 0.615. The number of nitrogens with zero attached hydrogens (tertiary/aromatic N) is 2. The zero-order valence-electron chi connectivity index (χ0n) is 11.8. The van der Waals surface area contributed by atoms with E-state index in [4.69, 9.17) is 5.11 Å². The number of aromatic nitrogens is 1. The van der Waals surface area contributed by atoms with Crippen molar-refractivity contribution in [2.24, 2.45) is 5.41 Å². The third-order valence-electron chi connectivity index (χ3n) is 2.75. The van der Waals surface area contributed by atoms with Crippen LogP contribution in [-0.2, 0) is 16.1 Å². The Kier molecular flexibility index (Phi) is 5.05. The standard InChI is InChI=1S/C13H20N2O3S/c1-9-14-10(8-19-9)7-15(4)11(16)5-13(2,3)6-12(17)18/h8H,5-7H2,1-4H3,(H,17,18). The molecule has 106 valence electrons. The first-order valence-electron chi connectivity index (χ1n) is 6.06. The highest BCUT2D eigenvalue weighted by Crippen LogP contribution is 2.26. The molecule has 0 atom stereocenters. The average Bonchev–Trinajstić information content (AvgIpc) is 2.60. The Balaban J connectivity index is 2.55. The molecule has 1 amide bonds. The molecule has 1 N–H and O–H groups in total. The van der Waals surface area contributed by atoms with Crippen LogP contribution in [-0.4, -0.2) is 33.9 Å². The zero-order valence-corrected chi connectivity index (χ0v) is 12.6. The first-order chi connectivity index (χ1) is 8.69. The van der Waals surface area contributed by atoms with Gasteiger partial charge in [0.1, 0.15) is 0 Å². The second-order valence-corrected chi connectivity index (χ2v) is 6.58. The third-order valence-corrected chi connectivity index (χ3v) is 3.57. The summed E-state index contributed by atoms with van der Waals surface area (Å²) in [5.41, 5.74) is 0.337. The van der Waals surface area contributed by atoms with E-state index >= 15 is 0 Å². The van der Waals surface area contributed by atoms with Crippen LogP contribution in [0.3, 0.4) is 0 Å². The Morgan fingerprint density at radius 3 is 2.53 bits per heavy atom. The summed E-state index contributed by atoms with van der Waals surface area (Å²) in [7, 11) is 1.72. The van der Waals surface area contributed by atoms with Gasteiger partial charge in [0.2, 0.25) is 5.91 Å². The molecule has 0 spiro atoms. The van der Waals surface area contributed by atoms with Gasteiger partial charge in [0.15, 0.2) is 0 Å². The largest absolute Gasteiger partial charge is 0.481 e. The lowest BCUT2D eigenvalue weighted by atomic mass is 9.85. The number of thiazole rings is 1. The molecule has 0 saturated carbocycles. The lowest BCUT2D eigenvalue weighted by molar-refractivity contribution is -0.140. The van der Waals surface area contributed by atoms with Crippen molar-refractivity contribution >= 4 is 23.2 Å². The van der Waals surface area contributed by atoms with Gasteiger partial charge in [0, 0.05) is 18.8 Å². The van der Waals surface area contributed by atoms with E-state index in [2.05, 4.69) is 4.98 Å². The maximum absolute atomic E-state index is 12.1. The van der Waals surface area contributed by atoms with Crippen molar-refractivity contribution < 1.29 is 14.7 Å². The van der Waals surface area contributed by atoms with Crippen molar-refractivity contribution in [2.45, 2.75) is 40.2 Å². The molecular formula is C13H20N2O3S. The lowest BCUT2D eigenvalue weighted by Crippen LogP contribution is -2.31. The maximum atomic E-state index is 12.1. The predicted molar refractivity (Wildman–Crippen MR) is 74.0 cm³/mol. The number of carboxylic acids is 1. The molecule has 0 aliphatic rings. The Labute approximate surface area is 117 Å². The normalized spacial score (nSPS) is 11.4. The van der Waals surface area contributed by atoms with Gasteiger partial charge in [-0.1, -0.05) is 13.8 Å². The number of rotatable bonds is 6. The number of hydrogen-bond acceptors (Lipinski definition) is 4. The molecule has 6 heteroatoms. The number of carbonyl (C=O) groups excluding carboxylic acids is 1. The minimum atomic E-state index is -0.879. The third kappa shape index (κ3) is 5.38. The molecule has 0 aromatic carbocycles. The Morgan fingerprint density at radius 2 is 2.05 bits per heavy atom. The number of aryl methyl sites for hydroxylation is 1. The van der Waals surface area contributed by atoms with Crippen LogP contribution < -0.4 is 0 Å². The molecule has 1 rings (SSSR count). The molecule has 0 aliphatic carbocycles. The summed E-state index contributed by atoms with van der Waals surface area (Å²) >= 11 is 1.55. The van der Waals surface area contributed by atoms with Crippen molar-refractivity contribution in [3.05, 3.63) is 16.1 Å². The van der Waals surface area contributed by atoms with E-state index < -0.39 is 11.4 Å². The molecule has 0 radical (unpaired) electrons. The van der Waals surface area contributed by atoms with Gasteiger partial charge in [0.25, 0.3) is 0 Å². The van der Waals surface area contributed by atoms with Gasteiger partial charge in [-0.2, -0.15) is 0 Å². The smallest absolute Gasteiger partial charge is 0.303 e. The first-order valence-corrected chi connectivity index (χ1v) is 6.94. The molecule has 5 nitrogen and oxygen atoms in total. The summed E-state index contributed by atoms with van der Waals surface area (Å²) in [6.07, 6.45) is 0.210. The summed E-state index contributed by atoms with van der Waals surface area (Å²) in [4.78, 5) is 28.7. The molecule has 1 aromatic heterocycles. The molecule has 0 fully saturated rings. The summed E-state index contributed by atoms with van der Waals surface area (Å²) in [6, 6.07) is 0. The van der Waals surface area contributed by atoms with Crippen LogP contribution >= 0.6 is 11.3 Å². The zero-order chi connectivity index (χ0) is 14.6. The molecule has 1 aromatic rings. The highest BCUT2D eigenvalue weighted by atomic mass is 32.1. The van der Waals surface area contributed by atoms with E-state index in [0.29, 0.717) is 6.54 Å². The van der Waals surface area contributed by atoms with Crippen LogP contribution in [0.5, 0.6) is 0 Å². The quantitative estimate of drug-likeness (QED) is 0.870. The first kappa shape index (κ1) is 15.6. The number of amides is 1. The molecular weight excluding hydrogens is 264 g/mol. The van der Waals surface area contributed by atoms with Crippen molar-refractivity contribution in [1.82, 2.24) is 9.88 Å². The monoisotopic (exact) mass is 284 g/mol. The molecule has 19 heavy (non-hydrogen) atoms. The lowest BCUT2D eigenvalue weighted by Gasteiger charge is -2.25. The average molecular weight is 284 g/mol. The number of carbonyl (C=O) groups is 2. The van der Waals surface area contributed by atoms with Crippen LogP contribution in [0.25, 0.3) is 0 Å². The summed E-state index contributed by atoms with van der Waals surface area (Å²) in [6.45, 7) is 5.97. The van der Waals surface area contributed by atoms with Crippen LogP contribution in [0.2, 0.25) is 0 Å². The summed E-state index contributed by atoms with van der Waals surface area (Å²) in [5, 5.41) is 11.7. The molecule has 0 unspecified atom stereocenters. The fourth-order valence-corrected chi connectivity index (χ4v) is 2.43. The second kappa shape index (κ2) is 6.14. The molecule has 1 heterocycles. The van der Waals surface area contributed by atoms with E-state index in [-0.39, 0.29) is 18.7 Å². The molecule has 0 bridgehead atoms. The summed E-state index contributed by atoms with van der Waals surface area (Å²) in [5.74, 6) is -0.938. The minimum Gasteiger partial charge on any atom is -0.481 e. The molecule has 0 aliphatic heterocycles. The number of aliphatic carboxylic acids is 1. The van der Waals surface area contributed by atoms with Crippen LogP contribution in [0, 0.1) is 12.3 Å². The minimum absolute atomic E-state index is 0.0115. The van der Waals surface area contributed by atoms with Crippen LogP contribution in [0.15, 0.2) is 5.38 Å². The van der Waals surface area contributed by atoms with Crippen LogP contribution in [0.1, 0.15) is 37.4 Å². The van der Waals surface area contributed by atoms with Crippen molar-refractivity contribution in [1.29, 1.82) is 0 Å². The highest BCUT2D eigenvalue weighted by Gasteiger charge is 2.26. The Morgan fingerprint density at radius 1 is 1.42 bits per heavy atom.